The molecule has 0 amide bonds. The van der Waals surface area contributed by atoms with Crippen LogP contribution in [0.2, 0.25) is 0 Å². The molecule has 11 rings (SSSR count). The number of anilines is 6. The molecule has 1 aliphatic carbocycles. The molecule has 2 nitrogen and oxygen atoms in total. The van der Waals surface area contributed by atoms with Crippen molar-refractivity contribution in [1.29, 1.82) is 0 Å². The van der Waals surface area contributed by atoms with Gasteiger partial charge in [-0.1, -0.05) is 199 Å². The van der Waals surface area contributed by atoms with Gasteiger partial charge in [0, 0.05) is 34.0 Å². The molecule has 3 aliphatic rings. The van der Waals surface area contributed by atoms with Crippen LogP contribution in [-0.2, 0) is 27.1 Å². The predicted molar refractivity (Wildman–Crippen MR) is 313 cm³/mol. The highest BCUT2D eigenvalue weighted by Gasteiger charge is 2.48. The van der Waals surface area contributed by atoms with Crippen molar-refractivity contribution in [2.24, 2.45) is 0 Å². The topological polar surface area (TPSA) is 6.48 Å². The molecule has 0 fully saturated rings. The predicted octanol–water partition coefficient (Wildman–Crippen LogP) is 17.2. The number of hydrogen-bond acceptors (Lipinski definition) is 2. The molecule has 0 spiro atoms. The van der Waals surface area contributed by atoms with Crippen LogP contribution in [0.15, 0.2) is 158 Å². The summed E-state index contributed by atoms with van der Waals surface area (Å²) in [5, 5.41) is 0. The summed E-state index contributed by atoms with van der Waals surface area (Å²) in [5.74, 6) is 0. The third-order valence-electron chi connectivity index (χ3n) is 16.5. The van der Waals surface area contributed by atoms with Crippen molar-refractivity contribution < 1.29 is 0 Å². The van der Waals surface area contributed by atoms with Crippen molar-refractivity contribution in [1.82, 2.24) is 0 Å². The first kappa shape index (κ1) is 47.7. The molecule has 0 N–H and O–H groups in total. The maximum absolute atomic E-state index is 2.67. The standard InChI is InChI=1S/C69H73BN2/c1-43-35-62-64-63(36-43)72(59-34-29-51(67(9,10)11)39-54(59)46-19-17-16-18-20-46)61-41-56-55(68(12,13)42-69(56,14)15)40-58(61)70(64)57-38-48(45-21-26-49(27-22-45)65(3,4)5)25-33-60(57)71(62)52-30-23-47(24-31-52)53-32-28-50(37-44(53)2)66(6,7)8/h16-41H,42H2,1-15H3. The molecule has 3 heteroatoms. The molecule has 0 atom stereocenters. The number of hydrogen-bond donors (Lipinski definition) is 0. The highest BCUT2D eigenvalue weighted by Crippen LogP contribution is 2.54. The summed E-state index contributed by atoms with van der Waals surface area (Å²) in [5.41, 5.74) is 28.6. The summed E-state index contributed by atoms with van der Waals surface area (Å²) in [4.78, 5) is 5.24. The van der Waals surface area contributed by atoms with Gasteiger partial charge in [-0.05, 0) is 179 Å². The molecular weight excluding hydrogens is 868 g/mol. The number of nitrogens with zero attached hydrogens (tertiary/aromatic N) is 2. The van der Waals surface area contributed by atoms with Crippen molar-refractivity contribution >= 4 is 57.2 Å². The largest absolute Gasteiger partial charge is 0.311 e. The first-order valence-corrected chi connectivity index (χ1v) is 26.5. The van der Waals surface area contributed by atoms with E-state index in [0.29, 0.717) is 0 Å². The number of benzene rings is 8. The van der Waals surface area contributed by atoms with E-state index in [2.05, 4.69) is 271 Å². The van der Waals surface area contributed by atoms with Crippen molar-refractivity contribution in [3.8, 4) is 33.4 Å². The van der Waals surface area contributed by atoms with E-state index in [1.54, 1.807) is 0 Å². The third-order valence-corrected chi connectivity index (χ3v) is 16.5. The highest BCUT2D eigenvalue weighted by molar-refractivity contribution is 7.00. The fraction of sp³-hybridized carbons (Fsp3) is 0.304. The van der Waals surface area contributed by atoms with Crippen LogP contribution < -0.4 is 26.2 Å². The second-order valence-corrected chi connectivity index (χ2v) is 26.0. The van der Waals surface area contributed by atoms with Crippen LogP contribution in [0.5, 0.6) is 0 Å². The summed E-state index contributed by atoms with van der Waals surface area (Å²) in [6.07, 6.45) is 1.10. The smallest absolute Gasteiger partial charge is 0.252 e. The fourth-order valence-corrected chi connectivity index (χ4v) is 12.8. The molecular formula is C69H73BN2. The summed E-state index contributed by atoms with van der Waals surface area (Å²) >= 11 is 0. The zero-order valence-corrected chi connectivity index (χ0v) is 45.7. The Hall–Kier alpha value is -6.58. The molecule has 0 bridgehead atoms. The van der Waals surface area contributed by atoms with Gasteiger partial charge in [0.15, 0.2) is 0 Å². The van der Waals surface area contributed by atoms with Crippen molar-refractivity contribution in [3.05, 3.63) is 197 Å². The van der Waals surface area contributed by atoms with Gasteiger partial charge in [-0.25, -0.2) is 0 Å². The minimum atomic E-state index is -0.0228. The Morgan fingerprint density at radius 3 is 1.54 bits per heavy atom. The Bertz CT molecular complexity index is 3440. The zero-order chi connectivity index (χ0) is 51.0. The lowest BCUT2D eigenvalue weighted by atomic mass is 9.33. The van der Waals surface area contributed by atoms with Crippen molar-refractivity contribution in [2.45, 2.75) is 137 Å². The van der Waals surface area contributed by atoms with E-state index < -0.39 is 0 Å². The first-order valence-electron chi connectivity index (χ1n) is 26.5. The van der Waals surface area contributed by atoms with Crippen molar-refractivity contribution in [3.63, 3.8) is 0 Å². The van der Waals surface area contributed by atoms with E-state index >= 15 is 0 Å². The van der Waals surface area contributed by atoms with Crippen LogP contribution in [0.25, 0.3) is 33.4 Å². The van der Waals surface area contributed by atoms with Gasteiger partial charge in [-0.2, -0.15) is 0 Å². The molecule has 0 saturated heterocycles. The minimum Gasteiger partial charge on any atom is -0.311 e. The van der Waals surface area contributed by atoms with E-state index in [0.717, 1.165) is 12.1 Å². The molecule has 0 unspecified atom stereocenters. The molecule has 0 radical (unpaired) electrons. The summed E-state index contributed by atoms with van der Waals surface area (Å²) in [6.45, 7) is 35.2. The molecule has 8 aromatic rings. The molecule has 0 aromatic heterocycles. The Morgan fingerprint density at radius 2 is 0.917 bits per heavy atom. The molecule has 72 heavy (non-hydrogen) atoms. The number of fused-ring (bicyclic) bond motifs is 5. The van der Waals surface area contributed by atoms with Gasteiger partial charge in [-0.3, -0.25) is 0 Å². The maximum atomic E-state index is 2.67. The van der Waals surface area contributed by atoms with Crippen LogP contribution in [0, 0.1) is 13.8 Å². The molecule has 8 aromatic carbocycles. The summed E-state index contributed by atoms with van der Waals surface area (Å²) in [6, 6.07) is 61.6. The zero-order valence-electron chi connectivity index (χ0n) is 45.7. The van der Waals surface area contributed by atoms with Gasteiger partial charge in [0.2, 0.25) is 0 Å². The Morgan fingerprint density at radius 1 is 0.403 bits per heavy atom. The van der Waals surface area contributed by atoms with Gasteiger partial charge < -0.3 is 9.80 Å². The Labute approximate surface area is 432 Å². The molecule has 2 heterocycles. The van der Waals surface area contributed by atoms with Crippen molar-refractivity contribution in [2.75, 3.05) is 9.80 Å². The number of rotatable bonds is 5. The van der Waals surface area contributed by atoms with E-state index in [-0.39, 0.29) is 33.8 Å². The highest BCUT2D eigenvalue weighted by atomic mass is 15.2. The lowest BCUT2D eigenvalue weighted by Gasteiger charge is -2.45. The fourth-order valence-electron chi connectivity index (χ4n) is 12.8. The molecule has 0 saturated carbocycles. The Balaban J connectivity index is 1.20. The second kappa shape index (κ2) is 16.5. The van der Waals surface area contributed by atoms with E-state index in [4.69, 9.17) is 0 Å². The van der Waals surface area contributed by atoms with E-state index in [9.17, 15) is 0 Å². The average molecular weight is 941 g/mol. The monoisotopic (exact) mass is 941 g/mol. The van der Waals surface area contributed by atoms with E-state index in [1.165, 1.54) is 117 Å². The summed E-state index contributed by atoms with van der Waals surface area (Å²) in [7, 11) is 0. The van der Waals surface area contributed by atoms with Gasteiger partial charge in [0.05, 0.1) is 5.69 Å². The van der Waals surface area contributed by atoms with Gasteiger partial charge >= 0.3 is 0 Å². The van der Waals surface area contributed by atoms with Crippen LogP contribution in [0.3, 0.4) is 0 Å². The molecule has 2 aliphatic heterocycles. The molecule has 362 valence electrons. The SMILES string of the molecule is Cc1cc2c3c(c1)N(c1ccc(C(C)(C)C)cc1-c1ccccc1)c1cc4c(cc1B3c1cc(-c3ccc(C(C)(C)C)cc3)ccc1N2c1ccc(-c2ccc(C(C)(C)C)cc2C)cc1)C(C)(C)CC4(C)C. The maximum Gasteiger partial charge on any atom is 0.252 e. The summed E-state index contributed by atoms with van der Waals surface area (Å²) < 4.78 is 0. The lowest BCUT2D eigenvalue weighted by molar-refractivity contribution is 0.403. The normalized spacial score (nSPS) is 15.5. The van der Waals surface area contributed by atoms with Crippen LogP contribution >= 0.6 is 0 Å². The van der Waals surface area contributed by atoms with Gasteiger partial charge in [-0.15, -0.1) is 0 Å². The third kappa shape index (κ3) is 7.94. The average Bonchev–Trinajstić information content (AvgIpc) is 3.51. The van der Waals surface area contributed by atoms with Crippen LogP contribution in [0.4, 0.5) is 34.1 Å². The van der Waals surface area contributed by atoms with E-state index in [1.807, 2.05) is 0 Å². The Kier molecular flexibility index (Phi) is 10.9. The van der Waals surface area contributed by atoms with Gasteiger partial charge in [0.1, 0.15) is 0 Å². The minimum absolute atomic E-state index is 0.0102. The first-order chi connectivity index (χ1) is 33.9. The van der Waals surface area contributed by atoms with Crippen LogP contribution in [0.1, 0.15) is 135 Å². The second-order valence-electron chi connectivity index (χ2n) is 26.0. The quantitative estimate of drug-likeness (QED) is 0.159. The van der Waals surface area contributed by atoms with Gasteiger partial charge in [0.25, 0.3) is 6.71 Å². The lowest BCUT2D eigenvalue weighted by Crippen LogP contribution is -2.61. The number of aryl methyl sites for hydroxylation is 2. The van der Waals surface area contributed by atoms with Crippen LogP contribution in [-0.4, -0.2) is 6.71 Å².